The molecule has 0 aliphatic carbocycles. The molecule has 2 amide bonds. The second-order valence-corrected chi connectivity index (χ2v) is 4.38. The Hall–Kier alpha value is -2.95. The minimum Gasteiger partial charge on any atom is -0.317 e. The highest BCUT2D eigenvalue weighted by molar-refractivity contribution is 6.39. The lowest BCUT2D eigenvalue weighted by atomic mass is 10.2. The van der Waals surface area contributed by atoms with E-state index in [-0.39, 0.29) is 0 Å². The van der Waals surface area contributed by atoms with Crippen LogP contribution in [-0.2, 0) is 9.59 Å². The van der Waals surface area contributed by atoms with E-state index in [2.05, 4.69) is 15.8 Å². The van der Waals surface area contributed by atoms with Crippen LogP contribution >= 0.6 is 0 Å². The zero-order chi connectivity index (χ0) is 15.1. The molecule has 5 nitrogen and oxygen atoms in total. The molecule has 0 fully saturated rings. The average molecular weight is 281 g/mol. The Labute approximate surface area is 122 Å². The van der Waals surface area contributed by atoms with Gasteiger partial charge in [-0.15, -0.1) is 0 Å². The van der Waals surface area contributed by atoms with Crippen LogP contribution in [0.1, 0.15) is 11.1 Å². The van der Waals surface area contributed by atoms with Gasteiger partial charge in [0.25, 0.3) is 0 Å². The summed E-state index contributed by atoms with van der Waals surface area (Å²) in [4.78, 5) is 23.3. The van der Waals surface area contributed by atoms with E-state index in [9.17, 15) is 9.59 Å². The van der Waals surface area contributed by atoms with E-state index in [1.165, 1.54) is 6.21 Å². The number of amides is 2. The molecule has 0 bridgehead atoms. The van der Waals surface area contributed by atoms with E-state index in [1.807, 2.05) is 49.4 Å². The summed E-state index contributed by atoms with van der Waals surface area (Å²) in [6.45, 7) is 1.85. The highest BCUT2D eigenvalue weighted by Crippen LogP contribution is 2.12. The second-order valence-electron chi connectivity index (χ2n) is 4.38. The average Bonchev–Trinajstić information content (AvgIpc) is 2.50. The molecule has 0 aromatic heterocycles. The molecule has 0 spiro atoms. The van der Waals surface area contributed by atoms with Crippen LogP contribution in [0, 0.1) is 6.92 Å². The van der Waals surface area contributed by atoms with Crippen LogP contribution in [0.15, 0.2) is 59.7 Å². The molecule has 2 rings (SSSR count). The fourth-order valence-corrected chi connectivity index (χ4v) is 1.65. The summed E-state index contributed by atoms with van der Waals surface area (Å²) in [5, 5.41) is 6.28. The maximum atomic E-state index is 11.7. The van der Waals surface area contributed by atoms with Gasteiger partial charge in [-0.2, -0.15) is 5.10 Å². The van der Waals surface area contributed by atoms with Crippen LogP contribution in [0.3, 0.4) is 0 Å². The van der Waals surface area contributed by atoms with E-state index < -0.39 is 11.8 Å². The summed E-state index contributed by atoms with van der Waals surface area (Å²) in [7, 11) is 0. The fourth-order valence-electron chi connectivity index (χ4n) is 1.65. The first-order valence-electron chi connectivity index (χ1n) is 6.42. The normalized spacial score (nSPS) is 10.3. The SMILES string of the molecule is Cc1ccccc1NC(=O)C(=O)N/N=C/c1ccccc1. The van der Waals surface area contributed by atoms with Gasteiger partial charge in [0.15, 0.2) is 0 Å². The molecule has 0 unspecified atom stereocenters. The zero-order valence-electron chi connectivity index (χ0n) is 11.5. The van der Waals surface area contributed by atoms with E-state index in [1.54, 1.807) is 12.1 Å². The van der Waals surface area contributed by atoms with Gasteiger partial charge in [-0.05, 0) is 24.1 Å². The molecular formula is C16H15N3O2. The number of para-hydroxylation sites is 1. The van der Waals surface area contributed by atoms with E-state index in [0.29, 0.717) is 5.69 Å². The van der Waals surface area contributed by atoms with Crippen molar-refractivity contribution in [1.29, 1.82) is 0 Å². The molecule has 0 aliphatic heterocycles. The van der Waals surface area contributed by atoms with E-state index >= 15 is 0 Å². The van der Waals surface area contributed by atoms with Crippen LogP contribution in [0.25, 0.3) is 0 Å². The highest BCUT2D eigenvalue weighted by Gasteiger charge is 2.13. The van der Waals surface area contributed by atoms with Crippen molar-refractivity contribution in [2.75, 3.05) is 5.32 Å². The Kier molecular flexibility index (Phi) is 4.82. The number of hydrogen-bond acceptors (Lipinski definition) is 3. The van der Waals surface area contributed by atoms with Crippen molar-refractivity contribution >= 4 is 23.7 Å². The van der Waals surface area contributed by atoms with Gasteiger partial charge in [0, 0.05) is 5.69 Å². The minimum atomic E-state index is -0.814. The lowest BCUT2D eigenvalue weighted by Crippen LogP contribution is -2.32. The Morgan fingerprint density at radius 3 is 2.33 bits per heavy atom. The highest BCUT2D eigenvalue weighted by atomic mass is 16.2. The molecule has 0 radical (unpaired) electrons. The third kappa shape index (κ3) is 4.28. The molecule has 5 heteroatoms. The lowest BCUT2D eigenvalue weighted by molar-refractivity contribution is -0.136. The summed E-state index contributed by atoms with van der Waals surface area (Å²) >= 11 is 0. The van der Waals surface area contributed by atoms with Crippen molar-refractivity contribution in [3.8, 4) is 0 Å². The van der Waals surface area contributed by atoms with Gasteiger partial charge in [0.2, 0.25) is 0 Å². The number of nitrogens with one attached hydrogen (secondary N) is 2. The van der Waals surface area contributed by atoms with Crippen LogP contribution in [0.4, 0.5) is 5.69 Å². The first-order chi connectivity index (χ1) is 10.2. The molecule has 21 heavy (non-hydrogen) atoms. The number of hydrogen-bond donors (Lipinski definition) is 2. The smallest absolute Gasteiger partial charge is 0.317 e. The van der Waals surface area contributed by atoms with Gasteiger partial charge in [-0.25, -0.2) is 5.43 Å². The Balaban J connectivity index is 1.90. The first-order valence-corrected chi connectivity index (χ1v) is 6.42. The standard InChI is InChI=1S/C16H15N3O2/c1-12-7-5-6-10-14(12)18-15(20)16(21)19-17-11-13-8-3-2-4-9-13/h2-11H,1H3,(H,18,20)(H,19,21)/b17-11+. The largest absolute Gasteiger partial charge is 0.329 e. The van der Waals surface area contributed by atoms with Crippen molar-refractivity contribution in [2.45, 2.75) is 6.92 Å². The van der Waals surface area contributed by atoms with Crippen LogP contribution in [0.2, 0.25) is 0 Å². The molecule has 106 valence electrons. The van der Waals surface area contributed by atoms with Gasteiger partial charge in [-0.3, -0.25) is 9.59 Å². The molecule has 0 saturated heterocycles. The fraction of sp³-hybridized carbons (Fsp3) is 0.0625. The second kappa shape index (κ2) is 7.00. The molecule has 0 atom stereocenters. The Morgan fingerprint density at radius 2 is 1.62 bits per heavy atom. The molecule has 2 aromatic rings. The minimum absolute atomic E-state index is 0.602. The van der Waals surface area contributed by atoms with Crippen LogP contribution in [0.5, 0.6) is 0 Å². The van der Waals surface area contributed by atoms with Gasteiger partial charge < -0.3 is 5.32 Å². The number of hydrazone groups is 1. The van der Waals surface area contributed by atoms with Gasteiger partial charge in [0.1, 0.15) is 0 Å². The van der Waals surface area contributed by atoms with E-state index in [4.69, 9.17) is 0 Å². The van der Waals surface area contributed by atoms with Gasteiger partial charge in [0.05, 0.1) is 6.21 Å². The maximum absolute atomic E-state index is 11.7. The number of benzene rings is 2. The number of rotatable bonds is 3. The number of nitrogens with zero attached hydrogens (tertiary/aromatic N) is 1. The third-order valence-electron chi connectivity index (χ3n) is 2.78. The van der Waals surface area contributed by atoms with E-state index in [0.717, 1.165) is 11.1 Å². The van der Waals surface area contributed by atoms with Crippen molar-refractivity contribution in [1.82, 2.24) is 5.43 Å². The molecule has 0 aliphatic rings. The summed E-state index contributed by atoms with van der Waals surface area (Å²) in [6.07, 6.45) is 1.47. The number of anilines is 1. The molecular weight excluding hydrogens is 266 g/mol. The van der Waals surface area contributed by atoms with Gasteiger partial charge >= 0.3 is 11.8 Å². The van der Waals surface area contributed by atoms with Crippen molar-refractivity contribution < 1.29 is 9.59 Å². The number of aryl methyl sites for hydroxylation is 1. The Morgan fingerprint density at radius 1 is 0.952 bits per heavy atom. The molecule has 2 N–H and O–H groups in total. The van der Waals surface area contributed by atoms with Crippen LogP contribution in [-0.4, -0.2) is 18.0 Å². The van der Waals surface area contributed by atoms with Crippen molar-refractivity contribution in [3.05, 3.63) is 65.7 Å². The summed E-state index contributed by atoms with van der Waals surface area (Å²) in [5.74, 6) is -1.57. The number of carbonyl (C=O) groups is 2. The van der Waals surface area contributed by atoms with Crippen LogP contribution < -0.4 is 10.7 Å². The van der Waals surface area contributed by atoms with Crippen molar-refractivity contribution in [2.24, 2.45) is 5.10 Å². The van der Waals surface area contributed by atoms with Crippen molar-refractivity contribution in [3.63, 3.8) is 0 Å². The van der Waals surface area contributed by atoms with Gasteiger partial charge in [-0.1, -0.05) is 48.5 Å². The summed E-state index contributed by atoms with van der Waals surface area (Å²) in [5.41, 5.74) is 4.50. The summed E-state index contributed by atoms with van der Waals surface area (Å²) < 4.78 is 0. The lowest BCUT2D eigenvalue weighted by Gasteiger charge is -2.06. The maximum Gasteiger partial charge on any atom is 0.329 e. The predicted molar refractivity (Wildman–Crippen MR) is 82.0 cm³/mol. The molecule has 0 saturated carbocycles. The molecule has 2 aromatic carbocycles. The summed E-state index contributed by atoms with van der Waals surface area (Å²) in [6, 6.07) is 16.5. The predicted octanol–water partition coefficient (Wildman–Crippen LogP) is 2.08. The monoisotopic (exact) mass is 281 g/mol. The number of carbonyl (C=O) groups excluding carboxylic acids is 2. The molecule has 0 heterocycles. The first kappa shape index (κ1) is 14.5. The topological polar surface area (TPSA) is 70.6 Å². The zero-order valence-corrected chi connectivity index (χ0v) is 11.5. The Bertz CT molecular complexity index is 666. The quantitative estimate of drug-likeness (QED) is 0.514. The third-order valence-corrected chi connectivity index (χ3v) is 2.78.